The van der Waals surface area contributed by atoms with Crippen LogP contribution < -0.4 is 5.32 Å². The highest BCUT2D eigenvalue weighted by Crippen LogP contribution is 2.26. The molecular formula is C20H26N4. The van der Waals surface area contributed by atoms with Crippen LogP contribution >= 0.6 is 0 Å². The Kier molecular flexibility index (Phi) is 5.47. The Balaban J connectivity index is 1.51. The zero-order valence-electron chi connectivity index (χ0n) is 14.6. The minimum absolute atomic E-state index is 0.603. The minimum Gasteiger partial charge on any atom is -0.356 e. The van der Waals surface area contributed by atoms with Gasteiger partial charge >= 0.3 is 0 Å². The number of hydrogen-bond acceptors (Lipinski definition) is 2. The van der Waals surface area contributed by atoms with E-state index in [0.717, 1.165) is 37.7 Å². The van der Waals surface area contributed by atoms with Gasteiger partial charge in [0.05, 0.1) is 0 Å². The SMILES string of the molecule is CN=C(NCCc1ccc(C)nc1)N1CCC(c2ccccc2)C1. The van der Waals surface area contributed by atoms with Crippen molar-refractivity contribution in [3.63, 3.8) is 0 Å². The van der Waals surface area contributed by atoms with Crippen molar-refractivity contribution in [1.82, 2.24) is 15.2 Å². The van der Waals surface area contributed by atoms with Gasteiger partial charge in [-0.15, -0.1) is 0 Å². The molecule has 0 aliphatic carbocycles. The molecular weight excluding hydrogens is 296 g/mol. The van der Waals surface area contributed by atoms with Crippen LogP contribution in [0.3, 0.4) is 0 Å². The van der Waals surface area contributed by atoms with Gasteiger partial charge in [-0.1, -0.05) is 36.4 Å². The molecule has 0 amide bonds. The number of aliphatic imine (C=N–C) groups is 1. The summed E-state index contributed by atoms with van der Waals surface area (Å²) in [7, 11) is 1.87. The van der Waals surface area contributed by atoms with Gasteiger partial charge in [0.15, 0.2) is 5.96 Å². The Morgan fingerprint density at radius 1 is 1.25 bits per heavy atom. The van der Waals surface area contributed by atoms with Crippen LogP contribution in [0.1, 0.15) is 29.2 Å². The summed E-state index contributed by atoms with van der Waals surface area (Å²) in [5.74, 6) is 1.61. The lowest BCUT2D eigenvalue weighted by molar-refractivity contribution is 0.486. The van der Waals surface area contributed by atoms with Gasteiger partial charge in [-0.2, -0.15) is 0 Å². The molecule has 2 aromatic rings. The van der Waals surface area contributed by atoms with Crippen molar-refractivity contribution in [3.05, 3.63) is 65.5 Å². The molecule has 0 spiro atoms. The second-order valence-corrected chi connectivity index (χ2v) is 6.37. The zero-order valence-corrected chi connectivity index (χ0v) is 14.6. The summed E-state index contributed by atoms with van der Waals surface area (Å²) in [4.78, 5) is 11.2. The summed E-state index contributed by atoms with van der Waals surface area (Å²) in [5.41, 5.74) is 3.75. The van der Waals surface area contributed by atoms with Gasteiger partial charge in [0.1, 0.15) is 0 Å². The van der Waals surface area contributed by atoms with Crippen LogP contribution in [-0.2, 0) is 6.42 Å². The standard InChI is InChI=1S/C20H26N4/c1-16-8-9-17(14-23-16)10-12-22-20(21-2)24-13-11-19(15-24)18-6-4-3-5-7-18/h3-9,14,19H,10-13,15H2,1-2H3,(H,21,22). The average Bonchev–Trinajstić information content (AvgIpc) is 3.11. The van der Waals surface area contributed by atoms with E-state index in [-0.39, 0.29) is 0 Å². The molecule has 24 heavy (non-hydrogen) atoms. The van der Waals surface area contributed by atoms with Gasteiger partial charge < -0.3 is 10.2 Å². The lowest BCUT2D eigenvalue weighted by Crippen LogP contribution is -2.40. The van der Waals surface area contributed by atoms with Crippen molar-refractivity contribution in [2.24, 2.45) is 4.99 Å². The fourth-order valence-electron chi connectivity index (χ4n) is 3.25. The molecule has 1 aliphatic heterocycles. The van der Waals surface area contributed by atoms with E-state index < -0.39 is 0 Å². The van der Waals surface area contributed by atoms with Gasteiger partial charge in [0.25, 0.3) is 0 Å². The topological polar surface area (TPSA) is 40.5 Å². The predicted octanol–water partition coefficient (Wildman–Crippen LogP) is 3.00. The predicted molar refractivity (Wildman–Crippen MR) is 99.4 cm³/mol. The number of hydrogen-bond donors (Lipinski definition) is 1. The van der Waals surface area contributed by atoms with Gasteiger partial charge in [0.2, 0.25) is 0 Å². The Hall–Kier alpha value is -2.36. The fourth-order valence-corrected chi connectivity index (χ4v) is 3.25. The molecule has 1 unspecified atom stereocenters. The summed E-state index contributed by atoms with van der Waals surface area (Å²) >= 11 is 0. The molecule has 3 rings (SSSR count). The summed E-state index contributed by atoms with van der Waals surface area (Å²) < 4.78 is 0. The molecule has 1 atom stereocenters. The van der Waals surface area contributed by atoms with Crippen molar-refractivity contribution >= 4 is 5.96 Å². The number of aryl methyl sites for hydroxylation is 1. The Morgan fingerprint density at radius 3 is 2.79 bits per heavy atom. The highest BCUT2D eigenvalue weighted by atomic mass is 15.3. The Morgan fingerprint density at radius 2 is 2.08 bits per heavy atom. The van der Waals surface area contributed by atoms with Crippen molar-refractivity contribution in [1.29, 1.82) is 0 Å². The van der Waals surface area contributed by atoms with Gasteiger partial charge in [-0.05, 0) is 37.0 Å². The van der Waals surface area contributed by atoms with Crippen LogP contribution in [0.15, 0.2) is 53.7 Å². The smallest absolute Gasteiger partial charge is 0.193 e. The molecule has 0 radical (unpaired) electrons. The van der Waals surface area contributed by atoms with Gasteiger partial charge in [-0.3, -0.25) is 9.98 Å². The molecule has 1 aromatic carbocycles. The summed E-state index contributed by atoms with van der Waals surface area (Å²) in [5, 5.41) is 3.49. The minimum atomic E-state index is 0.603. The van der Waals surface area contributed by atoms with E-state index in [1.165, 1.54) is 17.5 Å². The quantitative estimate of drug-likeness (QED) is 0.695. The number of likely N-dealkylation sites (tertiary alicyclic amines) is 1. The second-order valence-electron chi connectivity index (χ2n) is 6.37. The summed E-state index contributed by atoms with van der Waals surface area (Å²) in [6.07, 6.45) is 4.11. The number of benzene rings is 1. The molecule has 126 valence electrons. The molecule has 1 saturated heterocycles. The van der Waals surface area contributed by atoms with E-state index in [9.17, 15) is 0 Å². The maximum absolute atomic E-state index is 4.46. The normalized spacial score (nSPS) is 18.0. The third kappa shape index (κ3) is 4.13. The fraction of sp³-hybridized carbons (Fsp3) is 0.400. The van der Waals surface area contributed by atoms with E-state index in [4.69, 9.17) is 0 Å². The largest absolute Gasteiger partial charge is 0.356 e. The second kappa shape index (κ2) is 7.95. The van der Waals surface area contributed by atoms with Gasteiger partial charge in [-0.25, -0.2) is 0 Å². The van der Waals surface area contributed by atoms with Crippen LogP contribution in [-0.4, -0.2) is 42.5 Å². The average molecular weight is 322 g/mol. The van der Waals surface area contributed by atoms with Crippen molar-refractivity contribution in [2.75, 3.05) is 26.7 Å². The molecule has 1 fully saturated rings. The van der Waals surface area contributed by atoms with E-state index in [1.54, 1.807) is 0 Å². The number of pyridine rings is 1. The van der Waals surface area contributed by atoms with E-state index >= 15 is 0 Å². The number of rotatable bonds is 4. The first-order chi connectivity index (χ1) is 11.8. The number of nitrogens with one attached hydrogen (secondary N) is 1. The number of aromatic nitrogens is 1. The van der Waals surface area contributed by atoms with Crippen molar-refractivity contribution in [2.45, 2.75) is 25.7 Å². The maximum Gasteiger partial charge on any atom is 0.193 e. The van der Waals surface area contributed by atoms with Gasteiger partial charge in [0, 0.05) is 44.5 Å². The zero-order chi connectivity index (χ0) is 16.8. The van der Waals surface area contributed by atoms with Crippen molar-refractivity contribution in [3.8, 4) is 0 Å². The number of guanidine groups is 1. The third-order valence-electron chi connectivity index (χ3n) is 4.64. The monoisotopic (exact) mass is 322 g/mol. The highest BCUT2D eigenvalue weighted by Gasteiger charge is 2.25. The molecule has 0 bridgehead atoms. The van der Waals surface area contributed by atoms with Crippen molar-refractivity contribution < 1.29 is 0 Å². The van der Waals surface area contributed by atoms with E-state index in [2.05, 4.69) is 62.7 Å². The first-order valence-electron chi connectivity index (χ1n) is 8.68. The Bertz CT molecular complexity index is 664. The summed E-state index contributed by atoms with van der Waals surface area (Å²) in [6.45, 7) is 4.99. The third-order valence-corrected chi connectivity index (χ3v) is 4.64. The maximum atomic E-state index is 4.46. The molecule has 1 aliphatic rings. The van der Waals surface area contributed by atoms with E-state index in [1.807, 2.05) is 20.2 Å². The molecule has 0 saturated carbocycles. The summed E-state index contributed by atoms with van der Waals surface area (Å²) in [6, 6.07) is 15.0. The lowest BCUT2D eigenvalue weighted by atomic mass is 9.99. The lowest BCUT2D eigenvalue weighted by Gasteiger charge is -2.22. The van der Waals surface area contributed by atoms with E-state index in [0.29, 0.717) is 5.92 Å². The molecule has 2 heterocycles. The molecule has 4 nitrogen and oxygen atoms in total. The number of nitrogens with zero attached hydrogens (tertiary/aromatic N) is 3. The first-order valence-corrected chi connectivity index (χ1v) is 8.68. The van der Waals surface area contributed by atoms with Crippen LogP contribution in [0.25, 0.3) is 0 Å². The molecule has 1 aromatic heterocycles. The van der Waals surface area contributed by atoms with Crippen LogP contribution in [0.2, 0.25) is 0 Å². The first kappa shape index (κ1) is 16.5. The molecule has 4 heteroatoms. The van der Waals surface area contributed by atoms with Crippen LogP contribution in [0.4, 0.5) is 0 Å². The molecule has 1 N–H and O–H groups in total. The Labute approximate surface area is 144 Å². The van der Waals surface area contributed by atoms with Crippen LogP contribution in [0.5, 0.6) is 0 Å². The highest BCUT2D eigenvalue weighted by molar-refractivity contribution is 5.80. The van der Waals surface area contributed by atoms with Crippen LogP contribution in [0, 0.1) is 6.92 Å².